The first kappa shape index (κ1) is 15.0. The van der Waals surface area contributed by atoms with Gasteiger partial charge in [-0.2, -0.15) is 5.26 Å². The van der Waals surface area contributed by atoms with Crippen LogP contribution >= 0.6 is 0 Å². The molecule has 2 aromatic rings. The van der Waals surface area contributed by atoms with Crippen molar-refractivity contribution in [2.75, 3.05) is 6.61 Å². The van der Waals surface area contributed by atoms with Crippen molar-refractivity contribution in [1.82, 2.24) is 9.88 Å². The van der Waals surface area contributed by atoms with Gasteiger partial charge in [-0.25, -0.2) is 0 Å². The molecule has 0 aliphatic heterocycles. The van der Waals surface area contributed by atoms with Crippen molar-refractivity contribution >= 4 is 5.91 Å². The SMILES string of the molecule is N#Cc1ccccc1OCC(=O)N(Cc1cccnc1)C1CC1. The Balaban J connectivity index is 1.64. The zero-order valence-electron chi connectivity index (χ0n) is 12.7. The number of hydrogen-bond donors (Lipinski definition) is 0. The van der Waals surface area contributed by atoms with Gasteiger partial charge in [0.1, 0.15) is 11.8 Å². The molecule has 1 aromatic heterocycles. The number of rotatable bonds is 6. The predicted octanol–water partition coefficient (Wildman–Crippen LogP) is 2.52. The zero-order chi connectivity index (χ0) is 16.1. The Morgan fingerprint density at radius 2 is 2.13 bits per heavy atom. The summed E-state index contributed by atoms with van der Waals surface area (Å²) in [6, 6.07) is 13.1. The number of carbonyl (C=O) groups excluding carboxylic acids is 1. The topological polar surface area (TPSA) is 66.2 Å². The third-order valence-corrected chi connectivity index (χ3v) is 3.74. The normalized spacial score (nSPS) is 13.2. The van der Waals surface area contributed by atoms with Gasteiger partial charge in [0.25, 0.3) is 5.91 Å². The van der Waals surface area contributed by atoms with Crippen molar-refractivity contribution in [3.63, 3.8) is 0 Å². The van der Waals surface area contributed by atoms with Gasteiger partial charge < -0.3 is 9.64 Å². The summed E-state index contributed by atoms with van der Waals surface area (Å²) >= 11 is 0. The molecule has 0 unspecified atom stereocenters. The van der Waals surface area contributed by atoms with E-state index < -0.39 is 0 Å². The van der Waals surface area contributed by atoms with Gasteiger partial charge in [0.2, 0.25) is 0 Å². The Morgan fingerprint density at radius 1 is 1.30 bits per heavy atom. The number of pyridine rings is 1. The molecular weight excluding hydrogens is 290 g/mol. The van der Waals surface area contributed by atoms with E-state index in [2.05, 4.69) is 11.1 Å². The van der Waals surface area contributed by atoms with E-state index in [9.17, 15) is 4.79 Å². The van der Waals surface area contributed by atoms with Crippen molar-refractivity contribution in [2.24, 2.45) is 0 Å². The highest BCUT2D eigenvalue weighted by Gasteiger charge is 2.32. The van der Waals surface area contributed by atoms with E-state index in [1.54, 1.807) is 36.7 Å². The van der Waals surface area contributed by atoms with E-state index in [1.165, 1.54) is 0 Å². The maximum Gasteiger partial charge on any atom is 0.261 e. The summed E-state index contributed by atoms with van der Waals surface area (Å²) in [5, 5.41) is 9.05. The Hall–Kier alpha value is -2.87. The number of hydrogen-bond acceptors (Lipinski definition) is 4. The molecule has 23 heavy (non-hydrogen) atoms. The number of benzene rings is 1. The maximum atomic E-state index is 12.5. The van der Waals surface area contributed by atoms with Crippen LogP contribution in [0.25, 0.3) is 0 Å². The molecule has 1 amide bonds. The van der Waals surface area contributed by atoms with E-state index in [1.807, 2.05) is 17.0 Å². The summed E-state index contributed by atoms with van der Waals surface area (Å²) in [5.41, 5.74) is 1.44. The first-order valence-corrected chi connectivity index (χ1v) is 7.58. The van der Waals surface area contributed by atoms with E-state index >= 15 is 0 Å². The quantitative estimate of drug-likeness (QED) is 0.822. The monoisotopic (exact) mass is 307 g/mol. The summed E-state index contributed by atoms with van der Waals surface area (Å²) in [7, 11) is 0. The Labute approximate surface area is 135 Å². The maximum absolute atomic E-state index is 12.5. The van der Waals surface area contributed by atoms with Gasteiger partial charge in [0.05, 0.1) is 5.56 Å². The first-order valence-electron chi connectivity index (χ1n) is 7.58. The lowest BCUT2D eigenvalue weighted by Crippen LogP contribution is -2.36. The van der Waals surface area contributed by atoms with Gasteiger partial charge in [-0.05, 0) is 36.6 Å². The second-order valence-corrected chi connectivity index (χ2v) is 5.51. The van der Waals surface area contributed by atoms with Gasteiger partial charge in [-0.15, -0.1) is 0 Å². The van der Waals surface area contributed by atoms with Crippen LogP contribution in [-0.4, -0.2) is 28.4 Å². The second kappa shape index (κ2) is 6.93. The molecular formula is C18H17N3O2. The number of para-hydroxylation sites is 1. The van der Waals surface area contributed by atoms with Crippen LogP contribution < -0.4 is 4.74 Å². The number of nitriles is 1. The van der Waals surface area contributed by atoms with Crippen LogP contribution in [0.1, 0.15) is 24.0 Å². The highest BCUT2D eigenvalue weighted by Crippen LogP contribution is 2.28. The van der Waals surface area contributed by atoms with E-state index in [0.717, 1.165) is 18.4 Å². The van der Waals surface area contributed by atoms with Crippen LogP contribution in [0.15, 0.2) is 48.8 Å². The van der Waals surface area contributed by atoms with Crippen molar-refractivity contribution < 1.29 is 9.53 Å². The van der Waals surface area contributed by atoms with Gasteiger partial charge in [0, 0.05) is 25.0 Å². The first-order chi connectivity index (χ1) is 11.3. The Morgan fingerprint density at radius 3 is 2.83 bits per heavy atom. The summed E-state index contributed by atoms with van der Waals surface area (Å²) in [6.07, 6.45) is 5.55. The van der Waals surface area contributed by atoms with Gasteiger partial charge in [-0.1, -0.05) is 18.2 Å². The van der Waals surface area contributed by atoms with Crippen molar-refractivity contribution in [2.45, 2.75) is 25.4 Å². The molecule has 1 fully saturated rings. The van der Waals surface area contributed by atoms with Crippen molar-refractivity contribution in [3.05, 3.63) is 59.9 Å². The molecule has 0 N–H and O–H groups in total. The molecule has 1 aromatic carbocycles. The highest BCUT2D eigenvalue weighted by atomic mass is 16.5. The van der Waals surface area contributed by atoms with E-state index in [4.69, 9.17) is 10.00 Å². The second-order valence-electron chi connectivity index (χ2n) is 5.51. The molecule has 1 saturated carbocycles. The molecule has 0 saturated heterocycles. The third kappa shape index (κ3) is 3.86. The molecule has 1 aliphatic rings. The molecule has 1 heterocycles. The lowest BCUT2D eigenvalue weighted by atomic mass is 10.2. The summed E-state index contributed by atoms with van der Waals surface area (Å²) in [4.78, 5) is 18.4. The molecule has 0 bridgehead atoms. The largest absolute Gasteiger partial charge is 0.482 e. The summed E-state index contributed by atoms with van der Waals surface area (Å²) < 4.78 is 5.56. The molecule has 0 radical (unpaired) electrons. The van der Waals surface area contributed by atoms with Crippen LogP contribution in [0.2, 0.25) is 0 Å². The Bertz CT molecular complexity index is 721. The number of nitrogens with zero attached hydrogens (tertiary/aromatic N) is 3. The zero-order valence-corrected chi connectivity index (χ0v) is 12.7. The number of ether oxygens (including phenoxy) is 1. The molecule has 5 nitrogen and oxygen atoms in total. The smallest absolute Gasteiger partial charge is 0.261 e. The number of carbonyl (C=O) groups is 1. The highest BCUT2D eigenvalue weighted by molar-refractivity contribution is 5.78. The van der Waals surface area contributed by atoms with Crippen LogP contribution in [0.4, 0.5) is 0 Å². The molecule has 5 heteroatoms. The molecule has 0 spiro atoms. The fourth-order valence-corrected chi connectivity index (χ4v) is 2.40. The average molecular weight is 307 g/mol. The van der Waals surface area contributed by atoms with Crippen LogP contribution in [0, 0.1) is 11.3 Å². The lowest BCUT2D eigenvalue weighted by Gasteiger charge is -2.22. The van der Waals surface area contributed by atoms with Gasteiger partial charge in [-0.3, -0.25) is 9.78 Å². The standard InChI is InChI=1S/C18H17N3O2/c19-10-15-5-1-2-6-17(15)23-13-18(22)21(16-7-8-16)12-14-4-3-9-20-11-14/h1-6,9,11,16H,7-8,12-13H2. The van der Waals surface area contributed by atoms with Crippen LogP contribution in [0.5, 0.6) is 5.75 Å². The van der Waals surface area contributed by atoms with E-state index in [-0.39, 0.29) is 18.6 Å². The number of aromatic nitrogens is 1. The van der Waals surface area contributed by atoms with E-state index in [0.29, 0.717) is 17.9 Å². The molecule has 1 aliphatic carbocycles. The summed E-state index contributed by atoms with van der Waals surface area (Å²) in [6.45, 7) is 0.482. The number of amides is 1. The molecule has 116 valence electrons. The third-order valence-electron chi connectivity index (χ3n) is 3.74. The Kier molecular flexibility index (Phi) is 4.53. The van der Waals surface area contributed by atoms with Crippen LogP contribution in [0.3, 0.4) is 0 Å². The van der Waals surface area contributed by atoms with Gasteiger partial charge >= 0.3 is 0 Å². The minimum Gasteiger partial charge on any atom is -0.482 e. The predicted molar refractivity (Wildman–Crippen MR) is 84.5 cm³/mol. The lowest BCUT2D eigenvalue weighted by molar-refractivity contribution is -0.134. The van der Waals surface area contributed by atoms with Crippen molar-refractivity contribution in [3.8, 4) is 11.8 Å². The minimum absolute atomic E-state index is 0.0601. The summed E-state index contributed by atoms with van der Waals surface area (Å²) in [5.74, 6) is 0.379. The fourth-order valence-electron chi connectivity index (χ4n) is 2.40. The molecule has 0 atom stereocenters. The van der Waals surface area contributed by atoms with Crippen molar-refractivity contribution in [1.29, 1.82) is 5.26 Å². The fraction of sp³-hybridized carbons (Fsp3) is 0.278. The molecule has 3 rings (SSSR count). The van der Waals surface area contributed by atoms with Crippen LogP contribution in [-0.2, 0) is 11.3 Å². The average Bonchev–Trinajstić information content (AvgIpc) is 3.43. The van der Waals surface area contributed by atoms with Gasteiger partial charge in [0.15, 0.2) is 6.61 Å². The minimum atomic E-state index is -0.0657.